The Bertz CT molecular complexity index is 478. The van der Waals surface area contributed by atoms with Crippen LogP contribution >= 0.6 is 0 Å². The number of carbonyl (C=O) groups is 1. The zero-order chi connectivity index (χ0) is 13.8. The molecule has 1 saturated carbocycles. The van der Waals surface area contributed by atoms with Gasteiger partial charge in [0.05, 0.1) is 5.92 Å². The number of benzene rings is 1. The van der Waals surface area contributed by atoms with Crippen LogP contribution in [0, 0.1) is 5.92 Å². The lowest BCUT2D eigenvalue weighted by Gasteiger charge is -2.17. The van der Waals surface area contributed by atoms with E-state index in [9.17, 15) is 14.1 Å². The van der Waals surface area contributed by atoms with Crippen LogP contribution in [0.5, 0.6) is 0 Å². The van der Waals surface area contributed by atoms with E-state index in [1.807, 2.05) is 6.07 Å². The fourth-order valence-corrected chi connectivity index (χ4v) is 3.44. The molecule has 0 spiro atoms. The van der Waals surface area contributed by atoms with Crippen LogP contribution < -0.4 is 0 Å². The Labute approximate surface area is 116 Å². The van der Waals surface area contributed by atoms with E-state index in [-0.39, 0.29) is 0 Å². The molecule has 0 aliphatic heterocycles. The van der Waals surface area contributed by atoms with Crippen molar-refractivity contribution in [1.29, 1.82) is 0 Å². The zero-order valence-electron chi connectivity index (χ0n) is 11.2. The minimum absolute atomic E-state index is 0.466. The first kappa shape index (κ1) is 14.3. The summed E-state index contributed by atoms with van der Waals surface area (Å²) in [7, 11) is -1.07. The van der Waals surface area contributed by atoms with E-state index in [1.165, 1.54) is 12.8 Å². The fourth-order valence-electron chi connectivity index (χ4n) is 2.87. The third-order valence-corrected chi connectivity index (χ3v) is 4.85. The van der Waals surface area contributed by atoms with Crippen molar-refractivity contribution < 1.29 is 14.1 Å². The van der Waals surface area contributed by atoms with E-state index in [2.05, 4.69) is 0 Å². The van der Waals surface area contributed by atoms with Gasteiger partial charge in [-0.3, -0.25) is 9.00 Å². The summed E-state index contributed by atoms with van der Waals surface area (Å²) in [5, 5.41) is 9.44. The van der Waals surface area contributed by atoms with Gasteiger partial charge in [0.2, 0.25) is 0 Å². The van der Waals surface area contributed by atoms with Gasteiger partial charge in [-0.2, -0.15) is 0 Å². The highest BCUT2D eigenvalue weighted by Crippen LogP contribution is 2.34. The van der Waals surface area contributed by atoms with Crippen molar-refractivity contribution in [3.8, 4) is 0 Å². The highest BCUT2D eigenvalue weighted by Gasteiger charge is 2.26. The Hall–Kier alpha value is -1.16. The summed E-state index contributed by atoms with van der Waals surface area (Å²) in [5.41, 5.74) is 0.784. The van der Waals surface area contributed by atoms with Crippen molar-refractivity contribution in [2.24, 2.45) is 5.92 Å². The molecule has 1 aromatic rings. The normalized spacial score (nSPS) is 19.2. The second-order valence-electron chi connectivity index (χ2n) is 5.30. The number of aliphatic carboxylic acids is 1. The number of carboxylic acid groups (broad SMARTS) is 1. The summed E-state index contributed by atoms with van der Waals surface area (Å²) < 4.78 is 11.5. The minimum Gasteiger partial charge on any atom is -0.481 e. The third kappa shape index (κ3) is 3.66. The molecule has 2 atom stereocenters. The summed E-state index contributed by atoms with van der Waals surface area (Å²) in [4.78, 5) is 12.2. The summed E-state index contributed by atoms with van der Waals surface area (Å²) in [6.45, 7) is 0. The van der Waals surface area contributed by atoms with E-state index >= 15 is 0 Å². The van der Waals surface area contributed by atoms with Gasteiger partial charge in [0, 0.05) is 22.0 Å². The maximum atomic E-state index is 11.5. The van der Waals surface area contributed by atoms with Gasteiger partial charge in [0.25, 0.3) is 0 Å². The maximum absolute atomic E-state index is 11.5. The summed E-state index contributed by atoms with van der Waals surface area (Å²) in [5.74, 6) is -0.714. The molecule has 104 valence electrons. The van der Waals surface area contributed by atoms with E-state index < -0.39 is 22.7 Å². The van der Waals surface area contributed by atoms with Crippen LogP contribution in [0.3, 0.4) is 0 Å². The molecular formula is C15H20O3S. The average molecular weight is 280 g/mol. The Kier molecular flexibility index (Phi) is 4.75. The second-order valence-corrected chi connectivity index (χ2v) is 6.68. The Balaban J connectivity index is 2.20. The molecule has 0 bridgehead atoms. The standard InChI is InChI=1S/C15H20O3S/c1-19(18)13-8-4-7-12(10-13)14(15(16)17)9-11-5-2-3-6-11/h4,7-8,10-11,14H,2-3,5-6,9H2,1H3,(H,16,17)/t14?,19-/m1/s1. The lowest BCUT2D eigenvalue weighted by atomic mass is 9.88. The summed E-state index contributed by atoms with van der Waals surface area (Å²) in [6, 6.07) is 7.21. The quantitative estimate of drug-likeness (QED) is 0.901. The second kappa shape index (κ2) is 6.33. The molecule has 1 N–H and O–H groups in total. The van der Waals surface area contributed by atoms with E-state index in [1.54, 1.807) is 24.5 Å². The fraction of sp³-hybridized carbons (Fsp3) is 0.533. The third-order valence-electron chi connectivity index (χ3n) is 3.93. The van der Waals surface area contributed by atoms with Gasteiger partial charge >= 0.3 is 5.97 Å². The van der Waals surface area contributed by atoms with Gasteiger partial charge in [-0.25, -0.2) is 0 Å². The maximum Gasteiger partial charge on any atom is 0.310 e. The van der Waals surface area contributed by atoms with Crippen molar-refractivity contribution in [3.05, 3.63) is 29.8 Å². The van der Waals surface area contributed by atoms with Crippen LogP contribution in [0.2, 0.25) is 0 Å². The average Bonchev–Trinajstić information content (AvgIpc) is 2.88. The molecule has 0 aromatic heterocycles. The van der Waals surface area contributed by atoms with Crippen LogP contribution in [-0.2, 0) is 15.6 Å². The predicted octanol–water partition coefficient (Wildman–Crippen LogP) is 3.17. The van der Waals surface area contributed by atoms with Crippen molar-refractivity contribution >= 4 is 16.8 Å². The number of carboxylic acids is 1. The number of rotatable bonds is 5. The molecule has 1 fully saturated rings. The molecule has 1 aromatic carbocycles. The summed E-state index contributed by atoms with van der Waals surface area (Å²) >= 11 is 0. The molecule has 0 amide bonds. The van der Waals surface area contributed by atoms with Crippen molar-refractivity contribution in [2.45, 2.75) is 42.9 Å². The van der Waals surface area contributed by atoms with Gasteiger partial charge in [0.1, 0.15) is 0 Å². The summed E-state index contributed by atoms with van der Waals surface area (Å²) in [6.07, 6.45) is 7.04. The highest BCUT2D eigenvalue weighted by molar-refractivity contribution is 7.84. The van der Waals surface area contributed by atoms with Crippen molar-refractivity contribution in [2.75, 3.05) is 6.26 Å². The Morgan fingerprint density at radius 3 is 2.68 bits per heavy atom. The zero-order valence-corrected chi connectivity index (χ0v) is 12.0. The first-order chi connectivity index (χ1) is 9.08. The van der Waals surface area contributed by atoms with Gasteiger partial charge in [-0.15, -0.1) is 0 Å². The molecule has 0 saturated heterocycles. The lowest BCUT2D eigenvalue weighted by Crippen LogP contribution is -2.15. The smallest absolute Gasteiger partial charge is 0.310 e. The first-order valence-electron chi connectivity index (χ1n) is 6.74. The molecule has 19 heavy (non-hydrogen) atoms. The van der Waals surface area contributed by atoms with Crippen LogP contribution in [0.4, 0.5) is 0 Å². The molecular weight excluding hydrogens is 260 g/mol. The van der Waals surface area contributed by atoms with Gasteiger partial charge in [-0.1, -0.05) is 37.8 Å². The monoisotopic (exact) mass is 280 g/mol. The molecule has 3 nitrogen and oxygen atoms in total. The molecule has 4 heteroatoms. The topological polar surface area (TPSA) is 54.4 Å². The molecule has 2 rings (SSSR count). The Morgan fingerprint density at radius 2 is 2.11 bits per heavy atom. The predicted molar refractivity (Wildman–Crippen MR) is 75.7 cm³/mol. The molecule has 0 heterocycles. The molecule has 1 aliphatic carbocycles. The van der Waals surface area contributed by atoms with Gasteiger partial charge < -0.3 is 5.11 Å². The van der Waals surface area contributed by atoms with Crippen LogP contribution in [0.1, 0.15) is 43.6 Å². The van der Waals surface area contributed by atoms with Crippen molar-refractivity contribution in [1.82, 2.24) is 0 Å². The largest absolute Gasteiger partial charge is 0.481 e. The van der Waals surface area contributed by atoms with Crippen LogP contribution in [-0.4, -0.2) is 21.5 Å². The SMILES string of the molecule is C[S@@](=O)c1cccc(C(CC2CCCC2)C(=O)O)c1. The van der Waals surface area contributed by atoms with Crippen LogP contribution in [0.15, 0.2) is 29.2 Å². The van der Waals surface area contributed by atoms with Gasteiger partial charge in [0.15, 0.2) is 0 Å². The van der Waals surface area contributed by atoms with Crippen molar-refractivity contribution in [3.63, 3.8) is 0 Å². The minimum atomic E-state index is -1.07. The molecule has 1 aliphatic rings. The molecule has 1 unspecified atom stereocenters. The first-order valence-corrected chi connectivity index (χ1v) is 8.30. The number of hydrogen-bond acceptors (Lipinski definition) is 2. The number of hydrogen-bond donors (Lipinski definition) is 1. The van der Waals surface area contributed by atoms with E-state index in [0.29, 0.717) is 17.2 Å². The van der Waals surface area contributed by atoms with E-state index in [0.717, 1.165) is 18.4 Å². The highest BCUT2D eigenvalue weighted by atomic mass is 32.2. The van der Waals surface area contributed by atoms with E-state index in [4.69, 9.17) is 0 Å². The molecule has 0 radical (unpaired) electrons. The Morgan fingerprint density at radius 1 is 1.42 bits per heavy atom. The van der Waals surface area contributed by atoms with Gasteiger partial charge in [-0.05, 0) is 30.0 Å². The lowest BCUT2D eigenvalue weighted by molar-refractivity contribution is -0.139. The van der Waals surface area contributed by atoms with Crippen LogP contribution in [0.25, 0.3) is 0 Å².